The normalized spacial score (nSPS) is 10.8. The number of nitriles is 1. The zero-order valence-corrected chi connectivity index (χ0v) is 11.0. The van der Waals surface area contributed by atoms with Gasteiger partial charge in [0.25, 0.3) is 0 Å². The van der Waals surface area contributed by atoms with E-state index in [-0.39, 0.29) is 12.4 Å². The molecule has 0 saturated carbocycles. The maximum absolute atomic E-state index is 10.9. The Morgan fingerprint density at radius 2 is 2.19 bits per heavy atom. The second kappa shape index (κ2) is 5.32. The van der Waals surface area contributed by atoms with Crippen molar-refractivity contribution in [1.82, 2.24) is 0 Å². The third kappa shape index (κ3) is 4.21. The van der Waals surface area contributed by atoms with E-state index < -0.39 is 9.84 Å². The van der Waals surface area contributed by atoms with Gasteiger partial charge in [0.15, 0.2) is 9.84 Å². The number of rotatable bonds is 4. The zero-order chi connectivity index (χ0) is 12.2. The van der Waals surface area contributed by atoms with Gasteiger partial charge in [-0.25, -0.2) is 8.42 Å². The molecule has 0 radical (unpaired) electrons. The Balaban J connectivity index is 2.72. The summed E-state index contributed by atoms with van der Waals surface area (Å²) in [6.45, 7) is 0.0507. The van der Waals surface area contributed by atoms with Gasteiger partial charge >= 0.3 is 0 Å². The summed E-state index contributed by atoms with van der Waals surface area (Å²) in [5.41, 5.74) is 0.378. The van der Waals surface area contributed by atoms with Crippen LogP contribution < -0.4 is 4.74 Å². The molecule has 0 fully saturated rings. The Morgan fingerprint density at radius 1 is 1.50 bits per heavy atom. The first-order valence-electron chi connectivity index (χ1n) is 4.42. The van der Waals surface area contributed by atoms with Crippen LogP contribution >= 0.6 is 15.9 Å². The third-order valence-electron chi connectivity index (χ3n) is 1.77. The standard InChI is InChI=1S/C10H10BrNO3S/c1-16(13,14)5-4-15-10-3-2-9(11)6-8(10)7-12/h2-3,6H,4-5H2,1H3. The van der Waals surface area contributed by atoms with Crippen molar-refractivity contribution in [2.24, 2.45) is 0 Å². The predicted molar refractivity (Wildman–Crippen MR) is 64.1 cm³/mol. The van der Waals surface area contributed by atoms with Gasteiger partial charge in [-0.15, -0.1) is 0 Å². The highest BCUT2D eigenvalue weighted by molar-refractivity contribution is 9.10. The van der Waals surface area contributed by atoms with Crippen molar-refractivity contribution in [2.45, 2.75) is 0 Å². The highest BCUT2D eigenvalue weighted by atomic mass is 79.9. The summed E-state index contributed by atoms with van der Waals surface area (Å²) in [7, 11) is -3.04. The van der Waals surface area contributed by atoms with Crippen LogP contribution in [0.4, 0.5) is 0 Å². The van der Waals surface area contributed by atoms with E-state index in [9.17, 15) is 8.42 Å². The van der Waals surface area contributed by atoms with Gasteiger partial charge < -0.3 is 4.74 Å². The van der Waals surface area contributed by atoms with Crippen LogP contribution in [-0.4, -0.2) is 27.0 Å². The molecule has 0 aliphatic carbocycles. The minimum atomic E-state index is -3.04. The Kier molecular flexibility index (Phi) is 4.33. The maximum Gasteiger partial charge on any atom is 0.150 e. The Morgan fingerprint density at radius 3 is 2.75 bits per heavy atom. The maximum atomic E-state index is 10.9. The Hall–Kier alpha value is -1.06. The molecule has 0 heterocycles. The lowest BCUT2D eigenvalue weighted by atomic mass is 10.2. The van der Waals surface area contributed by atoms with Gasteiger partial charge in [-0.1, -0.05) is 15.9 Å². The number of benzene rings is 1. The molecule has 86 valence electrons. The molecule has 0 aliphatic heterocycles. The van der Waals surface area contributed by atoms with Crippen molar-refractivity contribution in [2.75, 3.05) is 18.6 Å². The van der Waals surface area contributed by atoms with E-state index in [1.54, 1.807) is 18.2 Å². The lowest BCUT2D eigenvalue weighted by molar-refractivity contribution is 0.340. The lowest BCUT2D eigenvalue weighted by Gasteiger charge is -2.07. The molecule has 0 saturated heterocycles. The predicted octanol–water partition coefficient (Wildman–Crippen LogP) is 1.74. The van der Waals surface area contributed by atoms with Crippen molar-refractivity contribution in [1.29, 1.82) is 5.26 Å². The van der Waals surface area contributed by atoms with Gasteiger partial charge in [0, 0.05) is 10.7 Å². The molecule has 0 bridgehead atoms. The number of nitrogens with zero attached hydrogens (tertiary/aromatic N) is 1. The summed E-state index contributed by atoms with van der Waals surface area (Å²) in [4.78, 5) is 0. The monoisotopic (exact) mass is 303 g/mol. The number of ether oxygens (including phenoxy) is 1. The van der Waals surface area contributed by atoms with Crippen molar-refractivity contribution in [3.8, 4) is 11.8 Å². The molecule has 0 aliphatic rings. The van der Waals surface area contributed by atoms with Gasteiger partial charge in [-0.2, -0.15) is 5.26 Å². The molecule has 4 nitrogen and oxygen atoms in total. The van der Waals surface area contributed by atoms with Gasteiger partial charge in [-0.05, 0) is 18.2 Å². The Bertz CT molecular complexity index is 519. The first-order valence-corrected chi connectivity index (χ1v) is 7.28. The fourth-order valence-electron chi connectivity index (χ4n) is 1.02. The molecular weight excluding hydrogens is 294 g/mol. The van der Waals surface area contributed by atoms with E-state index in [0.717, 1.165) is 10.7 Å². The van der Waals surface area contributed by atoms with Crippen LogP contribution in [0.3, 0.4) is 0 Å². The number of hydrogen-bond donors (Lipinski definition) is 0. The van der Waals surface area contributed by atoms with Crippen LogP contribution in [0, 0.1) is 11.3 Å². The van der Waals surface area contributed by atoms with Crippen LogP contribution in [0.2, 0.25) is 0 Å². The van der Waals surface area contributed by atoms with Crippen LogP contribution in [0.25, 0.3) is 0 Å². The average molecular weight is 304 g/mol. The quantitative estimate of drug-likeness (QED) is 0.850. The van der Waals surface area contributed by atoms with Gasteiger partial charge in [0.1, 0.15) is 18.4 Å². The van der Waals surface area contributed by atoms with Gasteiger partial charge in [-0.3, -0.25) is 0 Å². The molecular formula is C10H10BrNO3S. The summed E-state index contributed by atoms with van der Waals surface area (Å²) >= 11 is 3.23. The van der Waals surface area contributed by atoms with Crippen molar-refractivity contribution in [3.63, 3.8) is 0 Å². The zero-order valence-electron chi connectivity index (χ0n) is 8.60. The third-order valence-corrected chi connectivity index (χ3v) is 3.18. The van der Waals surface area contributed by atoms with Crippen LogP contribution in [0.1, 0.15) is 5.56 Å². The van der Waals surface area contributed by atoms with Crippen molar-refractivity contribution < 1.29 is 13.2 Å². The summed E-state index contributed by atoms with van der Waals surface area (Å²) < 4.78 is 27.8. The van der Waals surface area contributed by atoms with Gasteiger partial charge in [0.05, 0.1) is 11.3 Å². The second-order valence-corrected chi connectivity index (χ2v) is 6.41. The summed E-state index contributed by atoms with van der Waals surface area (Å²) in [6.07, 6.45) is 1.14. The fraction of sp³-hybridized carbons (Fsp3) is 0.300. The van der Waals surface area contributed by atoms with E-state index in [1.165, 1.54) is 0 Å². The molecule has 1 rings (SSSR count). The molecule has 0 amide bonds. The summed E-state index contributed by atoms with van der Waals surface area (Å²) in [5, 5.41) is 8.83. The minimum absolute atomic E-state index is 0.0507. The smallest absolute Gasteiger partial charge is 0.150 e. The van der Waals surface area contributed by atoms with E-state index in [0.29, 0.717) is 11.3 Å². The van der Waals surface area contributed by atoms with Crippen LogP contribution in [-0.2, 0) is 9.84 Å². The SMILES string of the molecule is CS(=O)(=O)CCOc1ccc(Br)cc1C#N. The highest BCUT2D eigenvalue weighted by Crippen LogP contribution is 2.22. The first kappa shape index (κ1) is 13.0. The first-order chi connectivity index (χ1) is 7.42. The van der Waals surface area contributed by atoms with Crippen LogP contribution in [0.5, 0.6) is 5.75 Å². The van der Waals surface area contributed by atoms with E-state index in [1.807, 2.05) is 6.07 Å². The summed E-state index contributed by atoms with van der Waals surface area (Å²) in [6, 6.07) is 6.96. The molecule has 16 heavy (non-hydrogen) atoms. The molecule has 1 aromatic carbocycles. The number of halogens is 1. The molecule has 1 aromatic rings. The largest absolute Gasteiger partial charge is 0.491 e. The fourth-order valence-corrected chi connectivity index (χ4v) is 1.77. The molecule has 0 atom stereocenters. The molecule has 0 unspecified atom stereocenters. The molecule has 0 aromatic heterocycles. The van der Waals surface area contributed by atoms with Crippen LogP contribution in [0.15, 0.2) is 22.7 Å². The second-order valence-electron chi connectivity index (χ2n) is 3.23. The van der Waals surface area contributed by atoms with Crippen molar-refractivity contribution in [3.05, 3.63) is 28.2 Å². The van der Waals surface area contributed by atoms with E-state index >= 15 is 0 Å². The number of hydrogen-bond acceptors (Lipinski definition) is 4. The minimum Gasteiger partial charge on any atom is -0.491 e. The summed E-state index contributed by atoms with van der Waals surface area (Å²) in [5.74, 6) is 0.336. The number of sulfone groups is 1. The highest BCUT2D eigenvalue weighted by Gasteiger charge is 2.06. The Labute approximate surface area is 103 Å². The molecule has 0 spiro atoms. The van der Waals surface area contributed by atoms with Gasteiger partial charge in [0.2, 0.25) is 0 Å². The lowest BCUT2D eigenvalue weighted by Crippen LogP contribution is -2.12. The molecule has 6 heteroatoms. The topological polar surface area (TPSA) is 67.2 Å². The average Bonchev–Trinajstić information content (AvgIpc) is 2.18. The van der Waals surface area contributed by atoms with E-state index in [2.05, 4.69) is 15.9 Å². The van der Waals surface area contributed by atoms with Crippen molar-refractivity contribution >= 4 is 25.8 Å². The molecule has 0 N–H and O–H groups in total. The van der Waals surface area contributed by atoms with E-state index in [4.69, 9.17) is 10.00 Å².